The van der Waals surface area contributed by atoms with Gasteiger partial charge in [0.25, 0.3) is 10.0 Å². The molecule has 32 heavy (non-hydrogen) atoms. The number of para-hydroxylation sites is 2. The van der Waals surface area contributed by atoms with E-state index < -0.39 is 10.0 Å². The Kier molecular flexibility index (Phi) is 7.27. The van der Waals surface area contributed by atoms with E-state index >= 15 is 0 Å². The first-order valence-electron chi connectivity index (χ1n) is 10.1. The summed E-state index contributed by atoms with van der Waals surface area (Å²) in [6.45, 7) is 3.43. The fourth-order valence-electron chi connectivity index (χ4n) is 3.29. The number of rotatable bonds is 8. The molecular formula is C24H25N3O4S. The van der Waals surface area contributed by atoms with E-state index in [1.54, 1.807) is 73.7 Å². The van der Waals surface area contributed by atoms with Crippen molar-refractivity contribution >= 4 is 38.9 Å². The highest BCUT2D eigenvalue weighted by molar-refractivity contribution is 7.93. The molecular weight excluding hydrogens is 426 g/mol. The number of nitrogens with zero attached hydrogens (tertiary/aromatic N) is 1. The SMILES string of the molecule is CCN(c1ccccc1)S(=O)(=O)c1ccccc1NC(=O)Cc1ccc(NC(C)=O)cc1. The minimum atomic E-state index is -3.89. The number of sulfonamides is 1. The molecule has 0 aliphatic carbocycles. The topological polar surface area (TPSA) is 95.6 Å². The Morgan fingerprint density at radius 3 is 2.09 bits per heavy atom. The molecule has 0 aromatic heterocycles. The lowest BCUT2D eigenvalue weighted by Crippen LogP contribution is -2.31. The van der Waals surface area contributed by atoms with Crippen molar-refractivity contribution in [2.24, 2.45) is 0 Å². The fourth-order valence-corrected chi connectivity index (χ4v) is 4.91. The van der Waals surface area contributed by atoms with Gasteiger partial charge in [-0.3, -0.25) is 13.9 Å². The second kappa shape index (κ2) is 10.1. The van der Waals surface area contributed by atoms with Gasteiger partial charge in [0.15, 0.2) is 0 Å². The van der Waals surface area contributed by atoms with Crippen LogP contribution in [0.15, 0.2) is 83.8 Å². The van der Waals surface area contributed by atoms with Gasteiger partial charge in [-0.25, -0.2) is 8.42 Å². The van der Waals surface area contributed by atoms with Crippen LogP contribution in [0.1, 0.15) is 19.4 Å². The van der Waals surface area contributed by atoms with Crippen LogP contribution in [-0.2, 0) is 26.0 Å². The van der Waals surface area contributed by atoms with Crippen LogP contribution in [-0.4, -0.2) is 26.8 Å². The average molecular weight is 452 g/mol. The van der Waals surface area contributed by atoms with Crippen molar-refractivity contribution in [3.05, 3.63) is 84.4 Å². The quantitative estimate of drug-likeness (QED) is 0.540. The number of carbonyl (C=O) groups excluding carboxylic acids is 2. The van der Waals surface area contributed by atoms with E-state index in [9.17, 15) is 18.0 Å². The molecule has 2 N–H and O–H groups in total. The molecule has 8 heteroatoms. The third-order valence-corrected chi connectivity index (χ3v) is 6.66. The normalized spacial score (nSPS) is 10.9. The molecule has 166 valence electrons. The molecule has 0 unspecified atom stereocenters. The summed E-state index contributed by atoms with van der Waals surface area (Å²) in [6, 6.07) is 22.1. The Bertz CT molecular complexity index is 1190. The summed E-state index contributed by atoms with van der Waals surface area (Å²) in [5, 5.41) is 5.40. The lowest BCUT2D eigenvalue weighted by molar-refractivity contribution is -0.116. The maximum Gasteiger partial charge on any atom is 0.266 e. The van der Waals surface area contributed by atoms with Crippen molar-refractivity contribution in [3.63, 3.8) is 0 Å². The van der Waals surface area contributed by atoms with Crippen LogP contribution in [0.3, 0.4) is 0 Å². The van der Waals surface area contributed by atoms with Gasteiger partial charge in [-0.15, -0.1) is 0 Å². The molecule has 0 bridgehead atoms. The molecule has 0 aliphatic heterocycles. The van der Waals surface area contributed by atoms with Gasteiger partial charge >= 0.3 is 0 Å². The second-order valence-corrected chi connectivity index (χ2v) is 8.94. The Labute approximate surface area is 188 Å². The highest BCUT2D eigenvalue weighted by atomic mass is 32.2. The summed E-state index contributed by atoms with van der Waals surface area (Å²) < 4.78 is 28.1. The second-order valence-electron chi connectivity index (χ2n) is 7.10. The molecule has 0 saturated heterocycles. The molecule has 3 aromatic carbocycles. The van der Waals surface area contributed by atoms with E-state index in [1.165, 1.54) is 17.3 Å². The molecule has 0 aliphatic rings. The number of anilines is 3. The van der Waals surface area contributed by atoms with Gasteiger partial charge in [-0.2, -0.15) is 0 Å². The van der Waals surface area contributed by atoms with Crippen LogP contribution in [0.4, 0.5) is 17.1 Å². The Morgan fingerprint density at radius 1 is 0.844 bits per heavy atom. The number of amides is 2. The van der Waals surface area contributed by atoms with Gasteiger partial charge in [0, 0.05) is 19.2 Å². The van der Waals surface area contributed by atoms with E-state index in [0.29, 0.717) is 11.4 Å². The number of carbonyl (C=O) groups is 2. The van der Waals surface area contributed by atoms with E-state index in [-0.39, 0.29) is 35.4 Å². The number of nitrogens with one attached hydrogen (secondary N) is 2. The summed E-state index contributed by atoms with van der Waals surface area (Å²) in [4.78, 5) is 23.8. The average Bonchev–Trinajstić information content (AvgIpc) is 2.76. The lowest BCUT2D eigenvalue weighted by Gasteiger charge is -2.24. The zero-order valence-electron chi connectivity index (χ0n) is 17.9. The summed E-state index contributed by atoms with van der Waals surface area (Å²) in [5.74, 6) is -0.521. The predicted octanol–water partition coefficient (Wildman–Crippen LogP) is 4.04. The fraction of sp³-hybridized carbons (Fsp3) is 0.167. The van der Waals surface area contributed by atoms with Crippen molar-refractivity contribution in [2.75, 3.05) is 21.5 Å². The van der Waals surface area contributed by atoms with E-state index in [0.717, 1.165) is 5.56 Å². The van der Waals surface area contributed by atoms with Gasteiger partial charge in [0.2, 0.25) is 11.8 Å². The molecule has 0 spiro atoms. The first kappa shape index (κ1) is 23.0. The highest BCUT2D eigenvalue weighted by Gasteiger charge is 2.26. The van der Waals surface area contributed by atoms with Crippen LogP contribution in [0.2, 0.25) is 0 Å². The highest BCUT2D eigenvalue weighted by Crippen LogP contribution is 2.28. The summed E-state index contributed by atoms with van der Waals surface area (Å²) in [6.07, 6.45) is 0.0604. The smallest absolute Gasteiger partial charge is 0.266 e. The molecule has 2 amide bonds. The first-order chi connectivity index (χ1) is 15.3. The molecule has 7 nitrogen and oxygen atoms in total. The van der Waals surface area contributed by atoms with Crippen LogP contribution < -0.4 is 14.9 Å². The van der Waals surface area contributed by atoms with Crippen LogP contribution in [0.5, 0.6) is 0 Å². The third-order valence-electron chi connectivity index (χ3n) is 4.70. The maximum absolute atomic E-state index is 13.4. The van der Waals surface area contributed by atoms with Crippen LogP contribution >= 0.6 is 0 Å². The number of hydrogen-bond acceptors (Lipinski definition) is 4. The molecule has 3 aromatic rings. The zero-order valence-corrected chi connectivity index (χ0v) is 18.7. The maximum atomic E-state index is 13.4. The third kappa shape index (κ3) is 5.53. The molecule has 0 fully saturated rings. The lowest BCUT2D eigenvalue weighted by atomic mass is 10.1. The summed E-state index contributed by atoms with van der Waals surface area (Å²) >= 11 is 0. The number of hydrogen-bond donors (Lipinski definition) is 2. The first-order valence-corrected chi connectivity index (χ1v) is 11.6. The monoisotopic (exact) mass is 451 g/mol. The van der Waals surface area contributed by atoms with Crippen LogP contribution in [0.25, 0.3) is 0 Å². The van der Waals surface area contributed by atoms with Gasteiger partial charge in [0.05, 0.1) is 17.8 Å². The minimum absolute atomic E-state index is 0.0278. The van der Waals surface area contributed by atoms with Crippen molar-refractivity contribution in [3.8, 4) is 0 Å². The zero-order chi connectivity index (χ0) is 23.1. The van der Waals surface area contributed by atoms with Gasteiger partial charge < -0.3 is 10.6 Å². The summed E-state index contributed by atoms with van der Waals surface area (Å²) in [7, 11) is -3.89. The van der Waals surface area contributed by atoms with Gasteiger partial charge in [-0.05, 0) is 48.9 Å². The minimum Gasteiger partial charge on any atom is -0.326 e. The predicted molar refractivity (Wildman–Crippen MR) is 126 cm³/mol. The van der Waals surface area contributed by atoms with Crippen molar-refractivity contribution < 1.29 is 18.0 Å². The van der Waals surface area contributed by atoms with Gasteiger partial charge in [-0.1, -0.05) is 42.5 Å². The van der Waals surface area contributed by atoms with E-state index in [2.05, 4.69) is 10.6 Å². The Balaban J connectivity index is 1.80. The standard InChI is InChI=1S/C24H25N3O4S/c1-3-27(21-9-5-4-6-10-21)32(30,31)23-12-8-7-11-22(23)26-24(29)17-19-13-15-20(16-14-19)25-18(2)28/h4-16H,3,17H2,1-2H3,(H,25,28)(H,26,29). The Morgan fingerprint density at radius 2 is 1.47 bits per heavy atom. The van der Waals surface area contributed by atoms with Crippen LogP contribution in [0, 0.1) is 0 Å². The molecule has 0 atom stereocenters. The van der Waals surface area contributed by atoms with Crippen molar-refractivity contribution in [1.29, 1.82) is 0 Å². The van der Waals surface area contributed by atoms with E-state index in [1.807, 2.05) is 6.07 Å². The Hall–Kier alpha value is -3.65. The van der Waals surface area contributed by atoms with Crippen molar-refractivity contribution in [2.45, 2.75) is 25.2 Å². The molecule has 0 saturated carbocycles. The van der Waals surface area contributed by atoms with Gasteiger partial charge in [0.1, 0.15) is 4.90 Å². The number of benzene rings is 3. The largest absolute Gasteiger partial charge is 0.326 e. The summed E-state index contributed by atoms with van der Waals surface area (Å²) in [5.41, 5.74) is 2.15. The molecule has 0 radical (unpaired) electrons. The van der Waals surface area contributed by atoms with E-state index in [4.69, 9.17) is 0 Å². The molecule has 0 heterocycles. The molecule has 3 rings (SSSR count). The van der Waals surface area contributed by atoms with Crippen molar-refractivity contribution in [1.82, 2.24) is 0 Å².